The van der Waals surface area contributed by atoms with E-state index in [4.69, 9.17) is 4.74 Å². The average Bonchev–Trinajstić information content (AvgIpc) is 2.88. The van der Waals surface area contributed by atoms with E-state index in [-0.39, 0.29) is 30.3 Å². The molecule has 2 saturated heterocycles. The summed E-state index contributed by atoms with van der Waals surface area (Å²) in [6, 6.07) is 3.13. The highest BCUT2D eigenvalue weighted by atomic mass is 16.5. The predicted molar refractivity (Wildman–Crippen MR) is 103 cm³/mol. The van der Waals surface area contributed by atoms with Crippen molar-refractivity contribution in [3.05, 3.63) is 30.1 Å². The number of pyridine rings is 1. The van der Waals surface area contributed by atoms with Crippen LogP contribution < -0.4 is 0 Å². The van der Waals surface area contributed by atoms with Crippen LogP contribution in [0.3, 0.4) is 0 Å². The molecule has 1 spiro atoms. The molecule has 4 amide bonds. The second kappa shape index (κ2) is 8.26. The smallest absolute Gasteiger partial charge is 0.327 e. The lowest BCUT2D eigenvalue weighted by molar-refractivity contribution is -0.135. The lowest BCUT2D eigenvalue weighted by Crippen LogP contribution is -2.58. The summed E-state index contributed by atoms with van der Waals surface area (Å²) < 4.78 is 5.07. The van der Waals surface area contributed by atoms with Crippen LogP contribution in [0.4, 0.5) is 4.79 Å². The molecule has 0 atom stereocenters. The number of ether oxygens (including phenoxy) is 1. The van der Waals surface area contributed by atoms with E-state index in [1.165, 1.54) is 4.90 Å². The van der Waals surface area contributed by atoms with E-state index in [1.54, 1.807) is 41.4 Å². The van der Waals surface area contributed by atoms with Gasteiger partial charge in [0.15, 0.2) is 0 Å². The van der Waals surface area contributed by atoms with Crippen LogP contribution in [-0.2, 0) is 9.53 Å². The first-order valence-corrected chi connectivity index (χ1v) is 9.72. The summed E-state index contributed by atoms with van der Waals surface area (Å²) in [4.78, 5) is 47.6. The molecule has 3 heterocycles. The highest BCUT2D eigenvalue weighted by Crippen LogP contribution is 2.38. The van der Waals surface area contributed by atoms with Crippen LogP contribution in [0.15, 0.2) is 24.5 Å². The van der Waals surface area contributed by atoms with Crippen molar-refractivity contribution >= 4 is 17.8 Å². The third-order valence-electron chi connectivity index (χ3n) is 5.49. The second-order valence-corrected chi connectivity index (χ2v) is 7.80. The fourth-order valence-corrected chi connectivity index (χ4v) is 4.02. The second-order valence-electron chi connectivity index (χ2n) is 7.80. The summed E-state index contributed by atoms with van der Waals surface area (Å²) in [6.45, 7) is 6.03. The van der Waals surface area contributed by atoms with Crippen LogP contribution >= 0.6 is 0 Å². The van der Waals surface area contributed by atoms with Crippen molar-refractivity contribution in [1.82, 2.24) is 19.7 Å². The van der Waals surface area contributed by atoms with Crippen molar-refractivity contribution in [3.63, 3.8) is 0 Å². The highest BCUT2D eigenvalue weighted by Gasteiger charge is 2.58. The van der Waals surface area contributed by atoms with Crippen molar-refractivity contribution in [2.75, 3.05) is 39.9 Å². The Bertz CT molecular complexity index is 729. The first-order chi connectivity index (χ1) is 13.4. The summed E-state index contributed by atoms with van der Waals surface area (Å²) in [5, 5.41) is 0. The molecule has 1 aromatic heterocycles. The molecule has 0 saturated carbocycles. The Morgan fingerprint density at radius 2 is 1.86 bits per heavy atom. The van der Waals surface area contributed by atoms with Crippen LogP contribution in [0.5, 0.6) is 0 Å². The molecule has 2 aliphatic heterocycles. The van der Waals surface area contributed by atoms with Gasteiger partial charge in [-0.3, -0.25) is 19.5 Å². The van der Waals surface area contributed by atoms with Crippen molar-refractivity contribution in [2.45, 2.75) is 32.2 Å². The van der Waals surface area contributed by atoms with Crippen molar-refractivity contribution < 1.29 is 19.1 Å². The van der Waals surface area contributed by atoms with Crippen molar-refractivity contribution in [2.24, 2.45) is 5.92 Å². The fraction of sp³-hybridized carbons (Fsp3) is 0.600. The summed E-state index contributed by atoms with van der Waals surface area (Å²) in [6.07, 6.45) is 4.08. The largest absolute Gasteiger partial charge is 0.383 e. The van der Waals surface area contributed by atoms with Crippen LogP contribution in [0.2, 0.25) is 0 Å². The van der Waals surface area contributed by atoms with Gasteiger partial charge in [-0.25, -0.2) is 4.79 Å². The molecule has 0 radical (unpaired) electrons. The molecule has 28 heavy (non-hydrogen) atoms. The highest BCUT2D eigenvalue weighted by molar-refractivity contribution is 6.07. The monoisotopic (exact) mass is 388 g/mol. The average molecular weight is 388 g/mol. The van der Waals surface area contributed by atoms with Gasteiger partial charge in [0.25, 0.3) is 11.8 Å². The van der Waals surface area contributed by atoms with Gasteiger partial charge in [-0.15, -0.1) is 0 Å². The molecule has 8 heteroatoms. The molecule has 0 aromatic carbocycles. The first-order valence-electron chi connectivity index (χ1n) is 9.72. The van der Waals surface area contributed by atoms with Gasteiger partial charge in [0.1, 0.15) is 5.54 Å². The molecule has 0 bridgehead atoms. The normalized spacial score (nSPS) is 19.2. The molecule has 0 N–H and O–H groups in total. The third kappa shape index (κ3) is 3.61. The number of imide groups is 1. The van der Waals surface area contributed by atoms with Crippen LogP contribution in [0, 0.1) is 5.92 Å². The lowest BCUT2D eigenvalue weighted by Gasteiger charge is -2.42. The Kier molecular flexibility index (Phi) is 5.98. The van der Waals surface area contributed by atoms with E-state index in [9.17, 15) is 14.4 Å². The summed E-state index contributed by atoms with van der Waals surface area (Å²) in [7, 11) is 1.55. The van der Waals surface area contributed by atoms with Crippen LogP contribution in [0.25, 0.3) is 0 Å². The van der Waals surface area contributed by atoms with Gasteiger partial charge in [0, 0.05) is 44.7 Å². The number of hydrogen-bond donors (Lipinski definition) is 0. The molecule has 0 unspecified atom stereocenters. The molecule has 3 rings (SSSR count). The Morgan fingerprint density at radius 1 is 1.21 bits per heavy atom. The zero-order valence-electron chi connectivity index (χ0n) is 16.8. The zero-order valence-corrected chi connectivity index (χ0v) is 16.8. The number of nitrogens with zero attached hydrogens (tertiary/aromatic N) is 4. The number of carbonyl (C=O) groups is 3. The Hall–Kier alpha value is -2.48. The van der Waals surface area contributed by atoms with Crippen LogP contribution in [-0.4, -0.2) is 83.0 Å². The van der Waals surface area contributed by atoms with Gasteiger partial charge in [0.2, 0.25) is 0 Å². The lowest BCUT2D eigenvalue weighted by atomic mass is 9.85. The topological polar surface area (TPSA) is 83.1 Å². The minimum Gasteiger partial charge on any atom is -0.383 e. The molecular weight excluding hydrogens is 360 g/mol. The zero-order chi connectivity index (χ0) is 20.3. The van der Waals surface area contributed by atoms with Crippen molar-refractivity contribution in [1.29, 1.82) is 0 Å². The summed E-state index contributed by atoms with van der Waals surface area (Å²) >= 11 is 0. The van der Waals surface area contributed by atoms with Gasteiger partial charge in [-0.2, -0.15) is 0 Å². The maximum Gasteiger partial charge on any atom is 0.327 e. The number of hydrogen-bond acceptors (Lipinski definition) is 5. The van der Waals surface area contributed by atoms with E-state index >= 15 is 0 Å². The Morgan fingerprint density at radius 3 is 2.43 bits per heavy atom. The SMILES string of the molecule is COCCN1C(=O)N(CC(C)C)C2(CCN(C(=O)c3ccncc3)CC2)C1=O. The van der Waals surface area contributed by atoms with Gasteiger partial charge >= 0.3 is 6.03 Å². The number of urea groups is 1. The predicted octanol–water partition coefficient (Wildman–Crippen LogP) is 1.62. The van der Waals surface area contributed by atoms with E-state index in [2.05, 4.69) is 4.98 Å². The molecule has 2 fully saturated rings. The number of rotatable bonds is 6. The third-order valence-corrected chi connectivity index (χ3v) is 5.49. The molecule has 1 aromatic rings. The molecule has 8 nitrogen and oxygen atoms in total. The molecule has 2 aliphatic rings. The molecular formula is C20H28N4O4. The van der Waals surface area contributed by atoms with Gasteiger partial charge in [-0.1, -0.05) is 13.8 Å². The van der Waals surface area contributed by atoms with Gasteiger partial charge < -0.3 is 14.5 Å². The Balaban J connectivity index is 1.78. The van der Waals surface area contributed by atoms with E-state index in [0.717, 1.165) is 0 Å². The maximum atomic E-state index is 13.2. The van der Waals surface area contributed by atoms with Gasteiger partial charge in [-0.05, 0) is 30.9 Å². The number of carbonyl (C=O) groups excluding carboxylic acids is 3. The number of methoxy groups -OCH3 is 1. The standard InChI is InChI=1S/C20H28N4O4/c1-15(2)14-24-19(27)23(12-13-28-3)18(26)20(24)6-10-22(11-7-20)17(25)16-4-8-21-9-5-16/h4-5,8-9,15H,6-7,10-14H2,1-3H3. The number of likely N-dealkylation sites (tertiary alicyclic amines) is 1. The number of amides is 4. The maximum absolute atomic E-state index is 13.2. The van der Waals surface area contributed by atoms with E-state index < -0.39 is 5.54 Å². The number of aromatic nitrogens is 1. The fourth-order valence-electron chi connectivity index (χ4n) is 4.02. The van der Waals surface area contributed by atoms with E-state index in [0.29, 0.717) is 44.6 Å². The minimum atomic E-state index is -0.857. The summed E-state index contributed by atoms with van der Waals surface area (Å²) in [5.41, 5.74) is -0.273. The molecule has 152 valence electrons. The van der Waals surface area contributed by atoms with Crippen molar-refractivity contribution in [3.8, 4) is 0 Å². The van der Waals surface area contributed by atoms with E-state index in [1.807, 2.05) is 13.8 Å². The summed E-state index contributed by atoms with van der Waals surface area (Å²) in [5.74, 6) is 0.0133. The minimum absolute atomic E-state index is 0.0688. The quantitative estimate of drug-likeness (QED) is 0.692. The Labute approximate surface area is 165 Å². The number of piperidine rings is 1. The first kappa shape index (κ1) is 20.3. The van der Waals surface area contributed by atoms with Gasteiger partial charge in [0.05, 0.1) is 13.2 Å². The molecule has 0 aliphatic carbocycles. The van der Waals surface area contributed by atoms with Crippen LogP contribution in [0.1, 0.15) is 37.0 Å².